The van der Waals surface area contributed by atoms with Crippen LogP contribution >= 0.6 is 12.2 Å². The van der Waals surface area contributed by atoms with Gasteiger partial charge in [0.05, 0.1) is 11.3 Å². The summed E-state index contributed by atoms with van der Waals surface area (Å²) in [6.45, 7) is 1.96. The third kappa shape index (κ3) is 2.16. The lowest BCUT2D eigenvalue weighted by Gasteiger charge is -2.27. The summed E-state index contributed by atoms with van der Waals surface area (Å²) in [6.07, 6.45) is 5.12. The first-order chi connectivity index (χ1) is 8.02. The lowest BCUT2D eigenvalue weighted by atomic mass is 10.2. The second-order valence-corrected chi connectivity index (χ2v) is 5.26. The Hall–Kier alpha value is -1.10. The van der Waals surface area contributed by atoms with Crippen molar-refractivity contribution in [2.75, 3.05) is 11.9 Å². The number of nitrogens with two attached hydrogens (primary N) is 1. The Kier molecular flexibility index (Phi) is 3.38. The van der Waals surface area contributed by atoms with Crippen LogP contribution in [0, 0.1) is 6.92 Å². The average Bonchev–Trinajstić information content (AvgIpc) is 2.84. The van der Waals surface area contributed by atoms with Gasteiger partial charge in [0.2, 0.25) is 0 Å². The minimum Gasteiger partial charge on any atom is -0.389 e. The van der Waals surface area contributed by atoms with Gasteiger partial charge in [-0.05, 0) is 19.8 Å². The van der Waals surface area contributed by atoms with E-state index in [1.165, 1.54) is 25.7 Å². The van der Waals surface area contributed by atoms with Crippen LogP contribution in [0.2, 0.25) is 0 Å². The number of hydrogen-bond donors (Lipinski definition) is 1. The molecule has 0 atom stereocenters. The van der Waals surface area contributed by atoms with Gasteiger partial charge >= 0.3 is 0 Å². The van der Waals surface area contributed by atoms with Crippen molar-refractivity contribution in [3.05, 3.63) is 11.3 Å². The van der Waals surface area contributed by atoms with Crippen LogP contribution in [0.5, 0.6) is 0 Å². The normalized spacial score (nSPS) is 16.4. The molecule has 0 bridgehead atoms. The van der Waals surface area contributed by atoms with Gasteiger partial charge < -0.3 is 10.6 Å². The van der Waals surface area contributed by atoms with Crippen LogP contribution in [0.4, 0.5) is 5.82 Å². The van der Waals surface area contributed by atoms with Gasteiger partial charge in [-0.3, -0.25) is 4.68 Å². The molecule has 1 aliphatic carbocycles. The van der Waals surface area contributed by atoms with E-state index in [9.17, 15) is 0 Å². The van der Waals surface area contributed by atoms with E-state index in [1.54, 1.807) is 0 Å². The van der Waals surface area contributed by atoms with Gasteiger partial charge in [0.15, 0.2) is 0 Å². The fraction of sp³-hybridized carbons (Fsp3) is 0.667. The van der Waals surface area contributed by atoms with Crippen molar-refractivity contribution in [1.29, 1.82) is 0 Å². The van der Waals surface area contributed by atoms with Gasteiger partial charge in [0.25, 0.3) is 0 Å². The summed E-state index contributed by atoms with van der Waals surface area (Å²) in [7, 11) is 4.07. The van der Waals surface area contributed by atoms with Crippen LogP contribution in [0.15, 0.2) is 0 Å². The zero-order valence-electron chi connectivity index (χ0n) is 10.7. The van der Waals surface area contributed by atoms with E-state index in [0.29, 0.717) is 11.0 Å². The first kappa shape index (κ1) is 12.4. The summed E-state index contributed by atoms with van der Waals surface area (Å²) in [5.41, 5.74) is 7.66. The summed E-state index contributed by atoms with van der Waals surface area (Å²) in [5, 5.41) is 4.43. The van der Waals surface area contributed by atoms with E-state index in [1.807, 2.05) is 18.7 Å². The first-order valence-corrected chi connectivity index (χ1v) is 6.49. The third-order valence-electron chi connectivity index (χ3n) is 3.64. The number of rotatable bonds is 3. The Morgan fingerprint density at radius 2 is 2.06 bits per heavy atom. The molecule has 1 aliphatic rings. The molecule has 94 valence electrons. The highest BCUT2D eigenvalue weighted by molar-refractivity contribution is 7.80. The third-order valence-corrected chi connectivity index (χ3v) is 3.85. The van der Waals surface area contributed by atoms with E-state index in [-0.39, 0.29) is 0 Å². The Balaban J connectivity index is 2.39. The molecule has 17 heavy (non-hydrogen) atoms. The van der Waals surface area contributed by atoms with Crippen LogP contribution in [-0.2, 0) is 7.05 Å². The second-order valence-electron chi connectivity index (χ2n) is 4.82. The number of hydrogen-bond acceptors (Lipinski definition) is 3. The maximum atomic E-state index is 5.82. The van der Waals surface area contributed by atoms with E-state index < -0.39 is 0 Å². The van der Waals surface area contributed by atoms with Crippen LogP contribution in [0.1, 0.15) is 36.9 Å². The number of aryl methyl sites for hydroxylation is 2. The molecule has 1 fully saturated rings. The molecule has 5 heteroatoms. The SMILES string of the molecule is Cc1nn(C)c(N(C)C2CCCC2)c1C(N)=S. The van der Waals surface area contributed by atoms with Crippen molar-refractivity contribution < 1.29 is 0 Å². The molecule has 0 aromatic carbocycles. The topological polar surface area (TPSA) is 47.1 Å². The Morgan fingerprint density at radius 3 is 2.59 bits per heavy atom. The molecule has 0 saturated heterocycles. The van der Waals surface area contributed by atoms with Gasteiger partial charge in [0.1, 0.15) is 10.8 Å². The Labute approximate surface area is 108 Å². The van der Waals surface area contributed by atoms with E-state index in [0.717, 1.165) is 17.1 Å². The number of thiocarbonyl (C=S) groups is 1. The molecule has 0 unspecified atom stereocenters. The van der Waals surface area contributed by atoms with Crippen LogP contribution in [-0.4, -0.2) is 27.9 Å². The highest BCUT2D eigenvalue weighted by atomic mass is 32.1. The predicted molar refractivity (Wildman–Crippen MR) is 74.5 cm³/mol. The molecule has 1 aromatic heterocycles. The quantitative estimate of drug-likeness (QED) is 0.833. The molecular formula is C12H20N4S. The van der Waals surface area contributed by atoms with Crippen LogP contribution in [0.25, 0.3) is 0 Å². The predicted octanol–water partition coefficient (Wildman–Crippen LogP) is 1.74. The maximum absolute atomic E-state index is 5.82. The molecule has 0 amide bonds. The first-order valence-electron chi connectivity index (χ1n) is 6.08. The van der Waals surface area contributed by atoms with Crippen molar-refractivity contribution in [3.63, 3.8) is 0 Å². The van der Waals surface area contributed by atoms with Gasteiger partial charge in [-0.25, -0.2) is 0 Å². The van der Waals surface area contributed by atoms with Gasteiger partial charge in [-0.2, -0.15) is 5.10 Å². The standard InChI is InChI=1S/C12H20N4S/c1-8-10(11(13)17)12(16(3)14-8)15(2)9-6-4-5-7-9/h9H,4-7H2,1-3H3,(H2,13,17). The second kappa shape index (κ2) is 4.64. The minimum atomic E-state index is 0.440. The molecule has 0 aliphatic heterocycles. The summed E-state index contributed by atoms with van der Waals surface area (Å²) in [6, 6.07) is 0.595. The van der Waals surface area contributed by atoms with Crippen molar-refractivity contribution in [2.24, 2.45) is 12.8 Å². The van der Waals surface area contributed by atoms with Crippen molar-refractivity contribution in [3.8, 4) is 0 Å². The molecule has 1 saturated carbocycles. The largest absolute Gasteiger partial charge is 0.389 e. The van der Waals surface area contributed by atoms with E-state index in [2.05, 4.69) is 17.0 Å². The van der Waals surface area contributed by atoms with E-state index >= 15 is 0 Å². The van der Waals surface area contributed by atoms with Crippen LogP contribution < -0.4 is 10.6 Å². The van der Waals surface area contributed by atoms with Crippen molar-refractivity contribution in [1.82, 2.24) is 9.78 Å². The number of aromatic nitrogens is 2. The van der Waals surface area contributed by atoms with Gasteiger partial charge in [-0.1, -0.05) is 25.1 Å². The molecule has 1 heterocycles. The zero-order chi connectivity index (χ0) is 12.6. The van der Waals surface area contributed by atoms with Crippen LogP contribution in [0.3, 0.4) is 0 Å². The smallest absolute Gasteiger partial charge is 0.137 e. The van der Waals surface area contributed by atoms with E-state index in [4.69, 9.17) is 18.0 Å². The summed E-state index contributed by atoms with van der Waals surface area (Å²) >= 11 is 5.14. The minimum absolute atomic E-state index is 0.440. The summed E-state index contributed by atoms with van der Waals surface area (Å²) in [4.78, 5) is 2.73. The number of nitrogens with zero attached hydrogens (tertiary/aromatic N) is 3. The Bertz CT molecular complexity index is 432. The fourth-order valence-electron chi connectivity index (χ4n) is 2.80. The summed E-state index contributed by atoms with van der Waals surface area (Å²) in [5.74, 6) is 1.06. The van der Waals surface area contributed by atoms with Gasteiger partial charge in [-0.15, -0.1) is 0 Å². The van der Waals surface area contributed by atoms with Crippen molar-refractivity contribution in [2.45, 2.75) is 38.6 Å². The maximum Gasteiger partial charge on any atom is 0.137 e. The summed E-state index contributed by atoms with van der Waals surface area (Å²) < 4.78 is 1.89. The molecular weight excluding hydrogens is 232 g/mol. The number of anilines is 1. The van der Waals surface area contributed by atoms with Crippen molar-refractivity contribution >= 4 is 23.0 Å². The lowest BCUT2D eigenvalue weighted by molar-refractivity contribution is 0.621. The fourth-order valence-corrected chi connectivity index (χ4v) is 3.04. The van der Waals surface area contributed by atoms with Gasteiger partial charge in [0, 0.05) is 20.1 Å². The molecule has 1 aromatic rings. The highest BCUT2D eigenvalue weighted by Gasteiger charge is 2.26. The monoisotopic (exact) mass is 252 g/mol. The zero-order valence-corrected chi connectivity index (χ0v) is 11.5. The highest BCUT2D eigenvalue weighted by Crippen LogP contribution is 2.30. The average molecular weight is 252 g/mol. The molecule has 0 spiro atoms. The molecule has 2 rings (SSSR count). The Morgan fingerprint density at radius 1 is 1.47 bits per heavy atom. The lowest BCUT2D eigenvalue weighted by Crippen LogP contribution is -2.32. The molecule has 2 N–H and O–H groups in total. The molecule has 0 radical (unpaired) electrons. The molecule has 4 nitrogen and oxygen atoms in total.